The van der Waals surface area contributed by atoms with E-state index >= 15 is 0 Å². The molecule has 3 aromatic heterocycles. The molecular weight excluding hydrogens is 330 g/mol. The van der Waals surface area contributed by atoms with E-state index in [1.165, 1.54) is 0 Å². The van der Waals surface area contributed by atoms with Crippen molar-refractivity contribution in [1.29, 1.82) is 0 Å². The number of nitrogens with one attached hydrogen (secondary N) is 1. The molecular formula is C19H21N5O2. The van der Waals surface area contributed by atoms with Gasteiger partial charge in [0.15, 0.2) is 5.69 Å². The van der Waals surface area contributed by atoms with E-state index in [1.54, 1.807) is 47.5 Å². The fourth-order valence-corrected chi connectivity index (χ4v) is 2.42. The van der Waals surface area contributed by atoms with E-state index < -0.39 is 0 Å². The third-order valence-electron chi connectivity index (χ3n) is 3.59. The molecule has 0 saturated carbocycles. The zero-order valence-corrected chi connectivity index (χ0v) is 15.0. The third kappa shape index (κ3) is 3.94. The van der Waals surface area contributed by atoms with Crippen LogP contribution in [-0.2, 0) is 6.61 Å². The molecule has 0 aliphatic heterocycles. The second-order valence-corrected chi connectivity index (χ2v) is 6.95. The monoisotopic (exact) mass is 351 g/mol. The van der Waals surface area contributed by atoms with Crippen LogP contribution in [0.4, 0.5) is 0 Å². The minimum Gasteiger partial charge on any atom is -0.392 e. The number of aliphatic hydroxyl groups excluding tert-OH is 1. The Bertz CT molecular complexity index is 896. The number of hydrogen-bond donors (Lipinski definition) is 2. The van der Waals surface area contributed by atoms with Gasteiger partial charge in [0.25, 0.3) is 5.91 Å². The zero-order valence-electron chi connectivity index (χ0n) is 15.0. The van der Waals surface area contributed by atoms with Gasteiger partial charge in [-0.2, -0.15) is 5.10 Å². The number of hydrogen-bond acceptors (Lipinski definition) is 5. The highest BCUT2D eigenvalue weighted by atomic mass is 16.3. The molecule has 0 bridgehead atoms. The van der Waals surface area contributed by atoms with Crippen LogP contribution in [0.3, 0.4) is 0 Å². The van der Waals surface area contributed by atoms with Gasteiger partial charge in [-0.25, -0.2) is 4.68 Å². The van der Waals surface area contributed by atoms with Crippen LogP contribution < -0.4 is 5.32 Å². The standard InChI is InChI=1S/C19H21N5O2/c1-19(2,3)22-18(26)16-9-17(15-7-6-13(12-25)10-21-15)24(23-16)14-5-4-8-20-11-14/h4-11,25H,12H2,1-3H3,(H,22,26). The van der Waals surface area contributed by atoms with Crippen LogP contribution in [0, 0.1) is 0 Å². The lowest BCUT2D eigenvalue weighted by Gasteiger charge is -2.19. The summed E-state index contributed by atoms with van der Waals surface area (Å²) in [7, 11) is 0. The van der Waals surface area contributed by atoms with Gasteiger partial charge in [0.1, 0.15) is 0 Å². The van der Waals surface area contributed by atoms with Crippen LogP contribution in [0.2, 0.25) is 0 Å². The van der Waals surface area contributed by atoms with Crippen molar-refractivity contribution in [3.63, 3.8) is 0 Å². The van der Waals surface area contributed by atoms with Crippen LogP contribution in [-0.4, -0.2) is 36.3 Å². The first-order valence-corrected chi connectivity index (χ1v) is 8.26. The van der Waals surface area contributed by atoms with Crippen molar-refractivity contribution in [2.45, 2.75) is 32.9 Å². The molecule has 0 aromatic carbocycles. The van der Waals surface area contributed by atoms with E-state index in [4.69, 9.17) is 0 Å². The molecule has 0 fully saturated rings. The molecule has 134 valence electrons. The maximum atomic E-state index is 12.5. The van der Waals surface area contributed by atoms with E-state index in [1.807, 2.05) is 26.8 Å². The number of aromatic nitrogens is 4. The van der Waals surface area contributed by atoms with Gasteiger partial charge >= 0.3 is 0 Å². The molecule has 1 amide bonds. The van der Waals surface area contributed by atoms with Gasteiger partial charge in [-0.3, -0.25) is 14.8 Å². The minimum atomic E-state index is -0.365. The maximum Gasteiger partial charge on any atom is 0.272 e. The molecule has 2 N–H and O–H groups in total. The quantitative estimate of drug-likeness (QED) is 0.753. The summed E-state index contributed by atoms with van der Waals surface area (Å²) in [6.45, 7) is 5.67. The lowest BCUT2D eigenvalue weighted by atomic mass is 10.1. The van der Waals surface area contributed by atoms with Gasteiger partial charge in [-0.15, -0.1) is 0 Å². The molecule has 0 unspecified atom stereocenters. The highest BCUT2D eigenvalue weighted by Gasteiger charge is 2.21. The molecule has 0 spiro atoms. The normalized spacial score (nSPS) is 11.4. The van der Waals surface area contributed by atoms with Crippen molar-refractivity contribution in [2.75, 3.05) is 0 Å². The topological polar surface area (TPSA) is 92.9 Å². The molecule has 7 nitrogen and oxygen atoms in total. The van der Waals surface area contributed by atoms with Crippen LogP contribution in [0.5, 0.6) is 0 Å². The Morgan fingerprint density at radius 3 is 2.62 bits per heavy atom. The molecule has 3 rings (SSSR count). The Balaban J connectivity index is 2.07. The maximum absolute atomic E-state index is 12.5. The summed E-state index contributed by atoms with van der Waals surface area (Å²) < 4.78 is 1.64. The first-order valence-electron chi connectivity index (χ1n) is 8.26. The van der Waals surface area contributed by atoms with E-state index in [2.05, 4.69) is 20.4 Å². The molecule has 7 heteroatoms. The molecule has 0 aliphatic carbocycles. The van der Waals surface area contributed by atoms with Gasteiger partial charge in [-0.05, 0) is 50.6 Å². The SMILES string of the molecule is CC(C)(C)NC(=O)c1cc(-c2ccc(CO)cn2)n(-c2cccnc2)n1. The third-order valence-corrected chi connectivity index (χ3v) is 3.59. The van der Waals surface area contributed by atoms with Gasteiger partial charge in [-0.1, -0.05) is 6.07 Å². The number of amides is 1. The number of carbonyl (C=O) groups is 1. The van der Waals surface area contributed by atoms with Crippen molar-refractivity contribution in [2.24, 2.45) is 0 Å². The summed E-state index contributed by atoms with van der Waals surface area (Å²) in [5.74, 6) is -0.256. The zero-order chi connectivity index (χ0) is 18.7. The van der Waals surface area contributed by atoms with Crippen LogP contribution in [0.1, 0.15) is 36.8 Å². The molecule has 3 aromatic rings. The highest BCUT2D eigenvalue weighted by Crippen LogP contribution is 2.22. The van der Waals surface area contributed by atoms with Crippen LogP contribution >= 0.6 is 0 Å². The average molecular weight is 351 g/mol. The summed E-state index contributed by atoms with van der Waals surface area (Å²) in [6.07, 6.45) is 4.95. The van der Waals surface area contributed by atoms with Gasteiger partial charge < -0.3 is 10.4 Å². The Morgan fingerprint density at radius 1 is 1.23 bits per heavy atom. The molecule has 0 saturated heterocycles. The van der Waals surface area contributed by atoms with E-state index in [0.717, 1.165) is 5.69 Å². The largest absolute Gasteiger partial charge is 0.392 e. The number of carbonyl (C=O) groups excluding carboxylic acids is 1. The molecule has 0 atom stereocenters. The fourth-order valence-electron chi connectivity index (χ4n) is 2.42. The number of aliphatic hydroxyl groups is 1. The highest BCUT2D eigenvalue weighted by molar-refractivity contribution is 5.94. The van der Waals surface area contributed by atoms with Gasteiger partial charge in [0, 0.05) is 17.9 Å². The Morgan fingerprint density at radius 2 is 2.04 bits per heavy atom. The molecule has 3 heterocycles. The Labute approximate surface area is 151 Å². The predicted molar refractivity (Wildman–Crippen MR) is 97.7 cm³/mol. The van der Waals surface area contributed by atoms with E-state index in [9.17, 15) is 9.90 Å². The number of pyridine rings is 2. The van der Waals surface area contributed by atoms with Crippen molar-refractivity contribution in [3.8, 4) is 17.1 Å². The first-order chi connectivity index (χ1) is 12.4. The number of nitrogens with zero attached hydrogens (tertiary/aromatic N) is 4. The van der Waals surface area contributed by atoms with Gasteiger partial charge in [0.05, 0.1) is 29.9 Å². The van der Waals surface area contributed by atoms with Crippen molar-refractivity contribution in [1.82, 2.24) is 25.1 Å². The smallest absolute Gasteiger partial charge is 0.272 e. The summed E-state index contributed by atoms with van der Waals surface area (Å²) in [6, 6.07) is 8.95. The summed E-state index contributed by atoms with van der Waals surface area (Å²) in [4.78, 5) is 21.0. The van der Waals surface area contributed by atoms with Crippen LogP contribution in [0.15, 0.2) is 48.9 Å². The van der Waals surface area contributed by atoms with Crippen LogP contribution in [0.25, 0.3) is 17.1 Å². The lowest BCUT2D eigenvalue weighted by Crippen LogP contribution is -2.40. The molecule has 26 heavy (non-hydrogen) atoms. The average Bonchev–Trinajstić information content (AvgIpc) is 3.07. The van der Waals surface area contributed by atoms with E-state index in [0.29, 0.717) is 22.6 Å². The molecule has 0 aliphatic rings. The minimum absolute atomic E-state index is 0.0750. The second-order valence-electron chi connectivity index (χ2n) is 6.95. The van der Waals surface area contributed by atoms with Gasteiger partial charge in [0.2, 0.25) is 0 Å². The Hall–Kier alpha value is -3.06. The lowest BCUT2D eigenvalue weighted by molar-refractivity contribution is 0.0914. The van der Waals surface area contributed by atoms with Crippen molar-refractivity contribution < 1.29 is 9.90 Å². The Kier molecular flexibility index (Phi) is 4.81. The second kappa shape index (κ2) is 7.05. The molecule has 0 radical (unpaired) electrons. The number of rotatable bonds is 4. The summed E-state index contributed by atoms with van der Waals surface area (Å²) in [5, 5.41) is 16.6. The fraction of sp³-hybridized carbons (Fsp3) is 0.263. The predicted octanol–water partition coefficient (Wildman–Crippen LogP) is 2.35. The van der Waals surface area contributed by atoms with Crippen molar-refractivity contribution >= 4 is 5.91 Å². The summed E-state index contributed by atoms with van der Waals surface area (Å²) in [5.41, 5.74) is 2.69. The first kappa shape index (κ1) is 17.8. The van der Waals surface area contributed by atoms with E-state index in [-0.39, 0.29) is 18.1 Å². The van der Waals surface area contributed by atoms with Crippen molar-refractivity contribution in [3.05, 3.63) is 60.2 Å². The summed E-state index contributed by atoms with van der Waals surface area (Å²) >= 11 is 0.